The van der Waals surface area contributed by atoms with E-state index < -0.39 is 11.6 Å². The van der Waals surface area contributed by atoms with Crippen molar-refractivity contribution in [2.75, 3.05) is 17.7 Å². The number of hydrogen-bond donors (Lipinski definition) is 0. The highest BCUT2D eigenvalue weighted by Gasteiger charge is 2.15. The van der Waals surface area contributed by atoms with Crippen LogP contribution in [-0.4, -0.2) is 18.7 Å². The van der Waals surface area contributed by atoms with Crippen LogP contribution in [0.3, 0.4) is 0 Å². The van der Waals surface area contributed by atoms with Crippen molar-refractivity contribution in [2.45, 2.75) is 4.90 Å². The molecule has 0 aliphatic rings. The Morgan fingerprint density at radius 2 is 1.86 bits per heavy atom. The molecule has 0 radical (unpaired) electrons. The highest BCUT2D eigenvalue weighted by molar-refractivity contribution is 8.00. The number of hydrogen-bond acceptors (Lipinski definition) is 2. The molecule has 0 saturated heterocycles. The summed E-state index contributed by atoms with van der Waals surface area (Å²) in [6.45, 7) is 0. The van der Waals surface area contributed by atoms with Crippen molar-refractivity contribution in [3.63, 3.8) is 0 Å². The van der Waals surface area contributed by atoms with E-state index in [1.54, 1.807) is 24.3 Å². The summed E-state index contributed by atoms with van der Waals surface area (Å²) >= 11 is 7.10. The fourth-order valence-corrected chi connectivity index (χ4v) is 2.60. The van der Waals surface area contributed by atoms with Gasteiger partial charge in [-0.1, -0.05) is 11.6 Å². The largest absolute Gasteiger partial charge is 0.312 e. The lowest BCUT2D eigenvalue weighted by Gasteiger charge is -2.17. The molecule has 0 aromatic heterocycles. The van der Waals surface area contributed by atoms with Gasteiger partial charge < -0.3 is 4.90 Å². The minimum Gasteiger partial charge on any atom is -0.312 e. The van der Waals surface area contributed by atoms with Gasteiger partial charge >= 0.3 is 0 Å². The molecular formula is C15H12ClF2NOS. The maximum Gasteiger partial charge on any atom is 0.237 e. The maximum absolute atomic E-state index is 13.6. The molecule has 110 valence electrons. The van der Waals surface area contributed by atoms with Crippen molar-refractivity contribution in [1.29, 1.82) is 0 Å². The van der Waals surface area contributed by atoms with E-state index in [0.29, 0.717) is 5.02 Å². The molecule has 0 aliphatic heterocycles. The van der Waals surface area contributed by atoms with E-state index in [1.807, 2.05) is 0 Å². The van der Waals surface area contributed by atoms with E-state index in [2.05, 4.69) is 0 Å². The van der Waals surface area contributed by atoms with Gasteiger partial charge in [-0.15, -0.1) is 11.8 Å². The molecule has 0 fully saturated rings. The molecule has 0 N–H and O–H groups in total. The maximum atomic E-state index is 13.6. The van der Waals surface area contributed by atoms with Crippen molar-refractivity contribution in [2.24, 2.45) is 0 Å². The molecule has 2 aromatic carbocycles. The van der Waals surface area contributed by atoms with Crippen LogP contribution in [0.15, 0.2) is 47.4 Å². The molecule has 6 heteroatoms. The zero-order valence-electron chi connectivity index (χ0n) is 11.1. The van der Waals surface area contributed by atoms with E-state index in [4.69, 9.17) is 11.6 Å². The Balaban J connectivity index is 2.00. The molecule has 2 aromatic rings. The highest BCUT2D eigenvalue weighted by atomic mass is 35.5. The average Bonchev–Trinajstić information content (AvgIpc) is 2.45. The standard InChI is InChI=1S/C15H12ClF2NOS/c1-19(14-7-4-11(17)8-13(14)18)15(20)9-21-12-5-2-10(16)3-6-12/h2-8H,9H2,1H3. The van der Waals surface area contributed by atoms with Crippen LogP contribution in [-0.2, 0) is 4.79 Å². The summed E-state index contributed by atoms with van der Waals surface area (Å²) in [5, 5.41) is 0.621. The van der Waals surface area contributed by atoms with Gasteiger partial charge in [0.15, 0.2) is 0 Å². The molecule has 21 heavy (non-hydrogen) atoms. The van der Waals surface area contributed by atoms with E-state index in [9.17, 15) is 13.6 Å². The van der Waals surface area contributed by atoms with Crippen LogP contribution in [0.1, 0.15) is 0 Å². The number of carbonyl (C=O) groups is 1. The van der Waals surface area contributed by atoms with Gasteiger partial charge in [-0.2, -0.15) is 0 Å². The number of amides is 1. The first-order chi connectivity index (χ1) is 9.97. The summed E-state index contributed by atoms with van der Waals surface area (Å²) < 4.78 is 26.5. The Morgan fingerprint density at radius 1 is 1.19 bits per heavy atom. The van der Waals surface area contributed by atoms with Crippen LogP contribution in [0.2, 0.25) is 5.02 Å². The number of halogens is 3. The predicted octanol–water partition coefficient (Wildman–Crippen LogP) is 4.37. The summed E-state index contributed by atoms with van der Waals surface area (Å²) in [4.78, 5) is 14.1. The number of benzene rings is 2. The van der Waals surface area contributed by atoms with Crippen molar-refractivity contribution in [1.82, 2.24) is 0 Å². The van der Waals surface area contributed by atoms with Crippen LogP contribution in [0, 0.1) is 11.6 Å². The first-order valence-corrected chi connectivity index (χ1v) is 7.43. The first-order valence-electron chi connectivity index (χ1n) is 6.07. The fraction of sp³-hybridized carbons (Fsp3) is 0.133. The van der Waals surface area contributed by atoms with Crippen LogP contribution in [0.25, 0.3) is 0 Å². The third-order valence-electron chi connectivity index (χ3n) is 2.82. The van der Waals surface area contributed by atoms with Crippen LogP contribution in [0.4, 0.5) is 14.5 Å². The number of nitrogens with zero attached hydrogens (tertiary/aromatic N) is 1. The van der Waals surface area contributed by atoms with Crippen molar-refractivity contribution < 1.29 is 13.6 Å². The number of carbonyl (C=O) groups excluding carboxylic acids is 1. The van der Waals surface area contributed by atoms with Crippen LogP contribution < -0.4 is 4.90 Å². The summed E-state index contributed by atoms with van der Waals surface area (Å²) in [7, 11) is 1.46. The summed E-state index contributed by atoms with van der Waals surface area (Å²) in [5.41, 5.74) is 0.0538. The van der Waals surface area contributed by atoms with Gasteiger partial charge in [0.05, 0.1) is 11.4 Å². The predicted molar refractivity (Wildman–Crippen MR) is 81.9 cm³/mol. The lowest BCUT2D eigenvalue weighted by Crippen LogP contribution is -2.28. The zero-order valence-corrected chi connectivity index (χ0v) is 12.7. The Bertz CT molecular complexity index is 649. The molecule has 0 saturated carbocycles. The molecule has 0 bridgehead atoms. The lowest BCUT2D eigenvalue weighted by molar-refractivity contribution is -0.115. The Kier molecular flexibility index (Phi) is 5.20. The molecular weight excluding hydrogens is 316 g/mol. The van der Waals surface area contributed by atoms with Gasteiger partial charge in [0.25, 0.3) is 0 Å². The fourth-order valence-electron chi connectivity index (χ4n) is 1.66. The van der Waals surface area contributed by atoms with Gasteiger partial charge in [-0.05, 0) is 36.4 Å². The Morgan fingerprint density at radius 3 is 2.48 bits per heavy atom. The molecule has 1 amide bonds. The van der Waals surface area contributed by atoms with Gasteiger partial charge in [0.2, 0.25) is 5.91 Å². The van der Waals surface area contributed by atoms with Crippen molar-refractivity contribution in [3.8, 4) is 0 Å². The average molecular weight is 328 g/mol. The molecule has 0 spiro atoms. The Hall–Kier alpha value is -1.59. The van der Waals surface area contributed by atoms with Crippen molar-refractivity contribution in [3.05, 3.63) is 59.1 Å². The van der Waals surface area contributed by atoms with Crippen molar-refractivity contribution >= 4 is 35.0 Å². The van der Waals surface area contributed by atoms with E-state index in [-0.39, 0.29) is 17.3 Å². The normalized spacial score (nSPS) is 10.5. The number of rotatable bonds is 4. The topological polar surface area (TPSA) is 20.3 Å². The summed E-state index contributed by atoms with van der Waals surface area (Å²) in [6.07, 6.45) is 0. The summed E-state index contributed by atoms with van der Waals surface area (Å²) in [6, 6.07) is 10.2. The quantitative estimate of drug-likeness (QED) is 0.777. The summed E-state index contributed by atoms with van der Waals surface area (Å²) in [5.74, 6) is -1.56. The third-order valence-corrected chi connectivity index (χ3v) is 4.07. The smallest absolute Gasteiger partial charge is 0.237 e. The molecule has 0 atom stereocenters. The van der Waals surface area contributed by atoms with Gasteiger partial charge in [0, 0.05) is 23.0 Å². The second kappa shape index (κ2) is 6.91. The second-order valence-corrected chi connectivity index (χ2v) is 5.78. The molecule has 0 heterocycles. The lowest BCUT2D eigenvalue weighted by atomic mass is 10.2. The monoisotopic (exact) mass is 327 g/mol. The third kappa shape index (κ3) is 4.19. The Labute approximate surface area is 130 Å². The van der Waals surface area contributed by atoms with E-state index >= 15 is 0 Å². The van der Waals surface area contributed by atoms with Crippen LogP contribution >= 0.6 is 23.4 Å². The van der Waals surface area contributed by atoms with Crippen LogP contribution in [0.5, 0.6) is 0 Å². The SMILES string of the molecule is CN(C(=O)CSc1ccc(Cl)cc1)c1ccc(F)cc1F. The van der Waals surface area contributed by atoms with E-state index in [1.165, 1.54) is 29.8 Å². The minimum absolute atomic E-state index is 0.0538. The number of anilines is 1. The minimum atomic E-state index is -0.762. The first kappa shape index (κ1) is 15.8. The number of thioether (sulfide) groups is 1. The van der Waals surface area contributed by atoms with Gasteiger partial charge in [-0.3, -0.25) is 4.79 Å². The molecule has 2 rings (SSSR count). The van der Waals surface area contributed by atoms with Gasteiger partial charge in [0.1, 0.15) is 11.6 Å². The molecule has 2 nitrogen and oxygen atoms in total. The molecule has 0 unspecified atom stereocenters. The zero-order chi connectivity index (χ0) is 15.4. The van der Waals surface area contributed by atoms with E-state index in [0.717, 1.165) is 17.0 Å². The van der Waals surface area contributed by atoms with Gasteiger partial charge in [-0.25, -0.2) is 8.78 Å². The highest BCUT2D eigenvalue weighted by Crippen LogP contribution is 2.23. The second-order valence-electron chi connectivity index (χ2n) is 4.29. The molecule has 0 aliphatic carbocycles.